The van der Waals surface area contributed by atoms with Gasteiger partial charge in [-0.2, -0.15) is 4.31 Å². The number of rotatable bonds is 6. The predicted molar refractivity (Wildman–Crippen MR) is 108 cm³/mol. The molecular formula is C19H21ClFN3O3S. The minimum absolute atomic E-state index is 0.146. The fraction of sp³-hybridized carbons (Fsp3) is 0.316. The van der Waals surface area contributed by atoms with Crippen LogP contribution in [-0.4, -0.2) is 38.3 Å². The molecule has 9 heteroatoms. The molecule has 1 fully saturated rings. The van der Waals surface area contributed by atoms with Gasteiger partial charge in [-0.15, -0.1) is 0 Å². The molecular weight excluding hydrogens is 405 g/mol. The molecule has 0 unspecified atom stereocenters. The van der Waals surface area contributed by atoms with Crippen molar-refractivity contribution in [3.63, 3.8) is 0 Å². The average molecular weight is 426 g/mol. The molecule has 0 saturated carbocycles. The van der Waals surface area contributed by atoms with E-state index in [4.69, 9.17) is 11.6 Å². The fourth-order valence-corrected chi connectivity index (χ4v) is 4.65. The van der Waals surface area contributed by atoms with E-state index < -0.39 is 15.8 Å². The number of nitrogens with one attached hydrogen (secondary N) is 2. The van der Waals surface area contributed by atoms with Crippen molar-refractivity contribution in [2.24, 2.45) is 0 Å². The summed E-state index contributed by atoms with van der Waals surface area (Å²) in [5, 5.41) is 5.60. The molecule has 2 aromatic carbocycles. The van der Waals surface area contributed by atoms with E-state index in [2.05, 4.69) is 10.6 Å². The minimum Gasteiger partial charge on any atom is -0.374 e. The van der Waals surface area contributed by atoms with E-state index in [1.54, 1.807) is 0 Å². The van der Waals surface area contributed by atoms with Crippen molar-refractivity contribution in [3.05, 3.63) is 53.3 Å². The monoisotopic (exact) mass is 425 g/mol. The van der Waals surface area contributed by atoms with Crippen LogP contribution in [0.2, 0.25) is 5.02 Å². The summed E-state index contributed by atoms with van der Waals surface area (Å²) < 4.78 is 40.4. The zero-order valence-corrected chi connectivity index (χ0v) is 16.7. The highest BCUT2D eigenvalue weighted by atomic mass is 35.5. The maximum Gasteiger partial charge on any atom is 0.243 e. The van der Waals surface area contributed by atoms with Gasteiger partial charge in [0.15, 0.2) is 0 Å². The Balaban J connectivity index is 1.58. The number of nitrogens with zero attached hydrogens (tertiary/aromatic N) is 1. The normalized spacial score (nSPS) is 15.2. The van der Waals surface area contributed by atoms with Crippen LogP contribution in [0.5, 0.6) is 0 Å². The molecule has 0 bridgehead atoms. The molecule has 1 aliphatic rings. The molecule has 0 spiro atoms. The number of benzene rings is 2. The lowest BCUT2D eigenvalue weighted by Gasteiger charge is -2.25. The first-order valence-electron chi connectivity index (χ1n) is 8.95. The van der Waals surface area contributed by atoms with Crippen molar-refractivity contribution in [1.82, 2.24) is 4.31 Å². The Labute approximate surface area is 168 Å². The number of carbonyl (C=O) groups is 1. The maximum atomic E-state index is 13.7. The number of hydrogen-bond donors (Lipinski definition) is 2. The van der Waals surface area contributed by atoms with E-state index in [1.807, 2.05) is 0 Å². The zero-order chi connectivity index (χ0) is 20.1. The van der Waals surface area contributed by atoms with Gasteiger partial charge in [0.05, 0.1) is 17.1 Å². The van der Waals surface area contributed by atoms with Gasteiger partial charge in [-0.3, -0.25) is 4.79 Å². The lowest BCUT2D eigenvalue weighted by atomic mass is 10.2. The molecule has 1 saturated heterocycles. The lowest BCUT2D eigenvalue weighted by molar-refractivity contribution is -0.114. The third-order valence-corrected chi connectivity index (χ3v) is 6.61. The smallest absolute Gasteiger partial charge is 0.243 e. The summed E-state index contributed by atoms with van der Waals surface area (Å²) in [5.41, 5.74) is 0.628. The van der Waals surface area contributed by atoms with Gasteiger partial charge in [-0.05, 0) is 55.3 Å². The molecule has 1 heterocycles. The summed E-state index contributed by atoms with van der Waals surface area (Å²) in [6.07, 6.45) is 2.79. The third kappa shape index (κ3) is 5.01. The highest BCUT2D eigenvalue weighted by Gasteiger charge is 2.25. The Morgan fingerprint density at radius 3 is 2.39 bits per heavy atom. The van der Waals surface area contributed by atoms with E-state index in [9.17, 15) is 17.6 Å². The molecule has 1 aliphatic heterocycles. The SMILES string of the molecule is O=C(CNc1ccc(Cl)cc1F)Nc1ccc(S(=O)(=O)N2CCCCC2)cc1. The number of piperidine rings is 1. The fourth-order valence-electron chi connectivity index (χ4n) is 2.98. The first-order chi connectivity index (χ1) is 13.4. The van der Waals surface area contributed by atoms with Crippen LogP contribution in [0.25, 0.3) is 0 Å². The number of hydrogen-bond acceptors (Lipinski definition) is 4. The van der Waals surface area contributed by atoms with Crippen LogP contribution in [0.15, 0.2) is 47.4 Å². The summed E-state index contributed by atoms with van der Waals surface area (Å²) in [7, 11) is -3.51. The topological polar surface area (TPSA) is 78.5 Å². The molecule has 28 heavy (non-hydrogen) atoms. The highest BCUT2D eigenvalue weighted by Crippen LogP contribution is 2.22. The van der Waals surface area contributed by atoms with Gasteiger partial charge in [0, 0.05) is 23.8 Å². The van der Waals surface area contributed by atoms with Crippen molar-refractivity contribution < 1.29 is 17.6 Å². The van der Waals surface area contributed by atoms with Crippen LogP contribution in [0.4, 0.5) is 15.8 Å². The summed E-state index contributed by atoms with van der Waals surface area (Å²) in [6.45, 7) is 0.924. The second-order valence-corrected chi connectivity index (χ2v) is 8.89. The van der Waals surface area contributed by atoms with Crippen LogP contribution in [0.3, 0.4) is 0 Å². The summed E-state index contributed by atoms with van der Waals surface area (Å²) >= 11 is 5.69. The predicted octanol–water partition coefficient (Wildman–Crippen LogP) is 3.70. The van der Waals surface area contributed by atoms with Crippen LogP contribution >= 0.6 is 11.6 Å². The quantitative estimate of drug-likeness (QED) is 0.739. The van der Waals surface area contributed by atoms with Crippen molar-refractivity contribution in [2.75, 3.05) is 30.3 Å². The Hall–Kier alpha value is -2.16. The summed E-state index contributed by atoms with van der Waals surface area (Å²) in [6, 6.07) is 10.2. The van der Waals surface area contributed by atoms with Gasteiger partial charge < -0.3 is 10.6 Å². The summed E-state index contributed by atoms with van der Waals surface area (Å²) in [4.78, 5) is 12.2. The third-order valence-electron chi connectivity index (χ3n) is 4.46. The molecule has 1 amide bonds. The van der Waals surface area contributed by atoms with Crippen molar-refractivity contribution in [2.45, 2.75) is 24.2 Å². The van der Waals surface area contributed by atoms with E-state index in [0.717, 1.165) is 25.3 Å². The molecule has 0 atom stereocenters. The van der Waals surface area contributed by atoms with Crippen LogP contribution in [0.1, 0.15) is 19.3 Å². The van der Waals surface area contributed by atoms with Gasteiger partial charge >= 0.3 is 0 Å². The lowest BCUT2D eigenvalue weighted by Crippen LogP contribution is -2.35. The molecule has 2 N–H and O–H groups in total. The molecule has 6 nitrogen and oxygen atoms in total. The molecule has 0 aliphatic carbocycles. The first kappa shape index (κ1) is 20.6. The molecule has 3 rings (SSSR count). The van der Waals surface area contributed by atoms with E-state index >= 15 is 0 Å². The van der Waals surface area contributed by atoms with Crippen LogP contribution in [-0.2, 0) is 14.8 Å². The average Bonchev–Trinajstić information content (AvgIpc) is 2.68. The zero-order valence-electron chi connectivity index (χ0n) is 15.1. The number of carbonyl (C=O) groups excluding carboxylic acids is 1. The van der Waals surface area contributed by atoms with Crippen molar-refractivity contribution in [3.8, 4) is 0 Å². The molecule has 150 valence electrons. The molecule has 2 aromatic rings. The largest absolute Gasteiger partial charge is 0.374 e. The number of halogens is 2. The number of amides is 1. The molecule has 0 radical (unpaired) electrons. The standard InChI is InChI=1S/C19H21ClFN3O3S/c20-14-4-9-18(17(21)12-14)22-13-19(25)23-15-5-7-16(8-6-15)28(26,27)24-10-2-1-3-11-24/h4-9,12,22H,1-3,10-11,13H2,(H,23,25). The van der Waals surface area contributed by atoms with Crippen molar-refractivity contribution in [1.29, 1.82) is 0 Å². The Bertz CT molecular complexity index is 945. The van der Waals surface area contributed by atoms with E-state index in [-0.39, 0.29) is 28.1 Å². The Morgan fingerprint density at radius 2 is 1.75 bits per heavy atom. The van der Waals surface area contributed by atoms with Gasteiger partial charge in [0.2, 0.25) is 15.9 Å². The van der Waals surface area contributed by atoms with Crippen LogP contribution < -0.4 is 10.6 Å². The number of sulfonamides is 1. The maximum absolute atomic E-state index is 13.7. The second kappa shape index (κ2) is 8.89. The summed E-state index contributed by atoms with van der Waals surface area (Å²) in [5.74, 6) is -0.937. The van der Waals surface area contributed by atoms with E-state index in [1.165, 1.54) is 40.7 Å². The van der Waals surface area contributed by atoms with Crippen molar-refractivity contribution >= 4 is 38.9 Å². The Morgan fingerprint density at radius 1 is 1.07 bits per heavy atom. The van der Waals surface area contributed by atoms with Gasteiger partial charge in [-0.1, -0.05) is 18.0 Å². The van der Waals surface area contributed by atoms with Gasteiger partial charge in [0.25, 0.3) is 0 Å². The Kier molecular flexibility index (Phi) is 6.53. The second-order valence-electron chi connectivity index (χ2n) is 6.52. The van der Waals surface area contributed by atoms with Gasteiger partial charge in [0.1, 0.15) is 5.82 Å². The minimum atomic E-state index is -3.51. The number of anilines is 2. The van der Waals surface area contributed by atoms with Gasteiger partial charge in [-0.25, -0.2) is 12.8 Å². The van der Waals surface area contributed by atoms with Crippen LogP contribution in [0, 0.1) is 5.82 Å². The highest BCUT2D eigenvalue weighted by molar-refractivity contribution is 7.89. The molecule has 0 aromatic heterocycles. The van der Waals surface area contributed by atoms with E-state index in [0.29, 0.717) is 18.8 Å². The first-order valence-corrected chi connectivity index (χ1v) is 10.8.